The van der Waals surface area contributed by atoms with E-state index < -0.39 is 6.04 Å². The van der Waals surface area contributed by atoms with Crippen LogP contribution in [0.25, 0.3) is 11.3 Å². The Bertz CT molecular complexity index is 537. The Balaban J connectivity index is 1.90. The first kappa shape index (κ1) is 14.2. The van der Waals surface area contributed by atoms with E-state index in [1.165, 1.54) is 7.11 Å². The van der Waals surface area contributed by atoms with Crippen molar-refractivity contribution in [2.45, 2.75) is 12.6 Å². The highest BCUT2D eigenvalue weighted by molar-refractivity contribution is 5.81. The highest BCUT2D eigenvalue weighted by Crippen LogP contribution is 2.16. The summed E-state index contributed by atoms with van der Waals surface area (Å²) in [5, 5.41) is 9.59. The molecule has 0 fully saturated rings. The molecule has 1 atom stereocenters. The number of aromatic amines is 1. The smallest absolute Gasteiger partial charge is 0.239 e. The lowest BCUT2D eigenvalue weighted by molar-refractivity contribution is -0.123. The van der Waals surface area contributed by atoms with Gasteiger partial charge in [0.25, 0.3) is 0 Å². The number of H-pyrrole nitrogens is 1. The van der Waals surface area contributed by atoms with E-state index in [-0.39, 0.29) is 12.5 Å². The highest BCUT2D eigenvalue weighted by atomic mass is 16.5. The average Bonchev–Trinajstić information content (AvgIpc) is 2.99. The fraction of sp³-hybridized carbons (Fsp3) is 0.286. The molecular formula is C14H18N4O2. The zero-order valence-corrected chi connectivity index (χ0v) is 11.3. The van der Waals surface area contributed by atoms with Gasteiger partial charge < -0.3 is 15.8 Å². The van der Waals surface area contributed by atoms with Crippen molar-refractivity contribution in [1.29, 1.82) is 0 Å². The molecule has 6 heteroatoms. The molecule has 20 heavy (non-hydrogen) atoms. The number of hydrogen-bond donors (Lipinski definition) is 3. The zero-order chi connectivity index (χ0) is 14.4. The van der Waals surface area contributed by atoms with Crippen LogP contribution in [-0.2, 0) is 16.1 Å². The maximum absolute atomic E-state index is 11.6. The van der Waals surface area contributed by atoms with Gasteiger partial charge >= 0.3 is 0 Å². The molecule has 0 aliphatic rings. The summed E-state index contributed by atoms with van der Waals surface area (Å²) in [4.78, 5) is 11.6. The van der Waals surface area contributed by atoms with E-state index in [4.69, 9.17) is 10.5 Å². The molecule has 106 valence electrons. The van der Waals surface area contributed by atoms with Crippen LogP contribution in [0.1, 0.15) is 5.56 Å². The number of methoxy groups -OCH3 is 1. The molecule has 1 unspecified atom stereocenters. The van der Waals surface area contributed by atoms with E-state index in [2.05, 4.69) is 15.5 Å². The number of amides is 1. The topological polar surface area (TPSA) is 93.0 Å². The van der Waals surface area contributed by atoms with Crippen LogP contribution in [0.5, 0.6) is 0 Å². The molecule has 4 N–H and O–H groups in total. The molecule has 6 nitrogen and oxygen atoms in total. The molecule has 0 bridgehead atoms. The fourth-order valence-corrected chi connectivity index (χ4v) is 1.79. The number of benzene rings is 1. The standard InChI is InChI=1S/C14H18N4O2/c1-20-9-12(15)14(19)16-8-10-2-4-11(5-3-10)13-6-7-17-18-13/h2-7,12H,8-9,15H2,1H3,(H,16,19)(H,17,18). The van der Waals surface area contributed by atoms with Gasteiger partial charge in [0.2, 0.25) is 5.91 Å². The first-order valence-corrected chi connectivity index (χ1v) is 6.31. The van der Waals surface area contributed by atoms with E-state index in [9.17, 15) is 4.79 Å². The number of nitrogens with two attached hydrogens (primary N) is 1. The zero-order valence-electron chi connectivity index (χ0n) is 11.3. The fourth-order valence-electron chi connectivity index (χ4n) is 1.79. The molecule has 0 saturated heterocycles. The van der Waals surface area contributed by atoms with E-state index in [1.54, 1.807) is 6.20 Å². The van der Waals surface area contributed by atoms with Crippen molar-refractivity contribution in [3.63, 3.8) is 0 Å². The van der Waals surface area contributed by atoms with Crippen molar-refractivity contribution in [1.82, 2.24) is 15.5 Å². The summed E-state index contributed by atoms with van der Waals surface area (Å²) in [6, 6.07) is 9.13. The number of rotatable bonds is 6. The maximum atomic E-state index is 11.6. The molecule has 1 aromatic carbocycles. The largest absolute Gasteiger partial charge is 0.383 e. The Labute approximate surface area is 117 Å². The molecule has 0 aliphatic heterocycles. The van der Waals surface area contributed by atoms with Crippen molar-refractivity contribution < 1.29 is 9.53 Å². The van der Waals surface area contributed by atoms with E-state index in [0.717, 1.165) is 16.8 Å². The third-order valence-corrected chi connectivity index (χ3v) is 2.92. The second kappa shape index (κ2) is 6.83. The van der Waals surface area contributed by atoms with Crippen molar-refractivity contribution >= 4 is 5.91 Å². The van der Waals surface area contributed by atoms with Gasteiger partial charge in [-0.25, -0.2) is 0 Å². The number of nitrogens with zero attached hydrogens (tertiary/aromatic N) is 1. The Hall–Kier alpha value is -2.18. The average molecular weight is 274 g/mol. The maximum Gasteiger partial charge on any atom is 0.239 e. The van der Waals surface area contributed by atoms with Crippen LogP contribution in [-0.4, -0.2) is 35.9 Å². The van der Waals surface area contributed by atoms with Gasteiger partial charge in [-0.2, -0.15) is 5.10 Å². The number of ether oxygens (including phenoxy) is 1. The summed E-state index contributed by atoms with van der Waals surface area (Å²) in [5.74, 6) is -0.218. The first-order valence-electron chi connectivity index (χ1n) is 6.31. The van der Waals surface area contributed by atoms with Gasteiger partial charge in [-0.05, 0) is 17.2 Å². The number of hydrogen-bond acceptors (Lipinski definition) is 4. The molecule has 2 aromatic rings. The monoisotopic (exact) mass is 274 g/mol. The molecule has 0 aliphatic carbocycles. The van der Waals surface area contributed by atoms with E-state index >= 15 is 0 Å². The van der Waals surface area contributed by atoms with Crippen LogP contribution in [0, 0.1) is 0 Å². The summed E-state index contributed by atoms with van der Waals surface area (Å²) in [6.07, 6.45) is 1.71. The van der Waals surface area contributed by atoms with Crippen molar-refractivity contribution in [2.24, 2.45) is 5.73 Å². The third-order valence-electron chi connectivity index (χ3n) is 2.92. The third kappa shape index (κ3) is 3.66. The Morgan fingerprint density at radius 1 is 1.40 bits per heavy atom. The van der Waals surface area contributed by atoms with Gasteiger partial charge in [-0.1, -0.05) is 24.3 Å². The van der Waals surface area contributed by atoms with Crippen molar-refractivity contribution in [3.05, 3.63) is 42.1 Å². The highest BCUT2D eigenvalue weighted by Gasteiger charge is 2.12. The van der Waals surface area contributed by atoms with Gasteiger partial charge in [-0.15, -0.1) is 0 Å². The number of carbonyl (C=O) groups excluding carboxylic acids is 1. The predicted octanol–water partition coefficient (Wildman–Crippen LogP) is 0.667. The van der Waals surface area contributed by atoms with Gasteiger partial charge in [0, 0.05) is 19.9 Å². The molecule has 1 amide bonds. The van der Waals surface area contributed by atoms with E-state index in [0.29, 0.717) is 6.54 Å². The molecular weight excluding hydrogens is 256 g/mol. The summed E-state index contributed by atoms with van der Waals surface area (Å²) in [6.45, 7) is 0.657. The first-order chi connectivity index (χ1) is 9.70. The van der Waals surface area contributed by atoms with Crippen LogP contribution in [0.4, 0.5) is 0 Å². The Morgan fingerprint density at radius 2 is 2.15 bits per heavy atom. The second-order valence-corrected chi connectivity index (χ2v) is 4.45. The summed E-state index contributed by atoms with van der Waals surface area (Å²) in [5.41, 5.74) is 8.65. The lowest BCUT2D eigenvalue weighted by Crippen LogP contribution is -2.43. The molecule has 0 spiro atoms. The number of nitrogens with one attached hydrogen (secondary N) is 2. The predicted molar refractivity (Wildman–Crippen MR) is 75.7 cm³/mol. The quantitative estimate of drug-likeness (QED) is 0.721. The summed E-state index contributed by atoms with van der Waals surface area (Å²) in [7, 11) is 1.52. The molecule has 2 rings (SSSR count). The molecule has 1 aromatic heterocycles. The van der Waals surface area contributed by atoms with Crippen LogP contribution in [0.2, 0.25) is 0 Å². The molecule has 1 heterocycles. The van der Waals surface area contributed by atoms with Gasteiger partial charge in [0.05, 0.1) is 12.3 Å². The molecule has 0 radical (unpaired) electrons. The number of aromatic nitrogens is 2. The van der Waals surface area contributed by atoms with Crippen LogP contribution in [0.15, 0.2) is 36.5 Å². The van der Waals surface area contributed by atoms with Crippen molar-refractivity contribution in [2.75, 3.05) is 13.7 Å². The van der Waals surface area contributed by atoms with Gasteiger partial charge in [-0.3, -0.25) is 9.89 Å². The lowest BCUT2D eigenvalue weighted by Gasteiger charge is -2.11. The summed E-state index contributed by atoms with van der Waals surface area (Å²) < 4.78 is 4.84. The summed E-state index contributed by atoms with van der Waals surface area (Å²) >= 11 is 0. The van der Waals surface area contributed by atoms with Crippen molar-refractivity contribution in [3.8, 4) is 11.3 Å². The van der Waals surface area contributed by atoms with Crippen LogP contribution in [0.3, 0.4) is 0 Å². The number of carbonyl (C=O) groups is 1. The SMILES string of the molecule is COCC(N)C(=O)NCc1ccc(-c2ccn[nH]2)cc1. The Morgan fingerprint density at radius 3 is 2.75 bits per heavy atom. The minimum absolute atomic E-state index is 0.213. The normalized spacial score (nSPS) is 12.1. The minimum atomic E-state index is -0.635. The Kier molecular flexibility index (Phi) is 4.86. The molecule has 0 saturated carbocycles. The van der Waals surface area contributed by atoms with Crippen LogP contribution >= 0.6 is 0 Å². The van der Waals surface area contributed by atoms with Gasteiger partial charge in [0.1, 0.15) is 6.04 Å². The second-order valence-electron chi connectivity index (χ2n) is 4.45. The minimum Gasteiger partial charge on any atom is -0.383 e. The van der Waals surface area contributed by atoms with E-state index in [1.807, 2.05) is 30.3 Å². The lowest BCUT2D eigenvalue weighted by atomic mass is 10.1. The van der Waals surface area contributed by atoms with Gasteiger partial charge in [0.15, 0.2) is 0 Å². The van der Waals surface area contributed by atoms with Crippen LogP contribution < -0.4 is 11.1 Å².